The molecule has 0 bridgehead atoms. The fourth-order valence-electron chi connectivity index (χ4n) is 4.47. The molecule has 6 nitrogen and oxygen atoms in total. The molecule has 0 atom stereocenters. The van der Waals surface area contributed by atoms with Crippen molar-refractivity contribution >= 4 is 23.3 Å². The molecule has 30 heavy (non-hydrogen) atoms. The van der Waals surface area contributed by atoms with Crippen LogP contribution in [0.1, 0.15) is 24.0 Å². The van der Waals surface area contributed by atoms with Crippen LogP contribution in [0.2, 0.25) is 5.02 Å². The maximum absolute atomic E-state index is 13.1. The van der Waals surface area contributed by atoms with E-state index in [1.807, 2.05) is 52.2 Å². The van der Waals surface area contributed by atoms with Crippen LogP contribution in [0.3, 0.4) is 0 Å². The van der Waals surface area contributed by atoms with Crippen LogP contribution in [0, 0.1) is 5.92 Å². The molecule has 1 aromatic carbocycles. The molecule has 2 aliphatic heterocycles. The molecular formula is C23H24ClN5O. The zero-order chi connectivity index (χ0) is 20.5. The van der Waals surface area contributed by atoms with Crippen molar-refractivity contribution in [2.75, 3.05) is 24.5 Å². The summed E-state index contributed by atoms with van der Waals surface area (Å²) < 4.78 is 1.97. The largest absolute Gasteiger partial charge is 0.356 e. The Kier molecular flexibility index (Phi) is 5.17. The Balaban J connectivity index is 1.22. The van der Waals surface area contributed by atoms with Gasteiger partial charge in [0.1, 0.15) is 18.0 Å². The lowest BCUT2D eigenvalue weighted by atomic mass is 9.93. The number of anilines is 1. The van der Waals surface area contributed by atoms with Crippen molar-refractivity contribution in [1.29, 1.82) is 0 Å². The molecule has 0 saturated carbocycles. The van der Waals surface area contributed by atoms with E-state index in [2.05, 4.69) is 20.9 Å². The minimum Gasteiger partial charge on any atom is -0.356 e. The monoisotopic (exact) mass is 421 g/mol. The van der Waals surface area contributed by atoms with Crippen LogP contribution in [-0.4, -0.2) is 45.0 Å². The van der Waals surface area contributed by atoms with Gasteiger partial charge in [0.15, 0.2) is 0 Å². The van der Waals surface area contributed by atoms with Crippen molar-refractivity contribution < 1.29 is 4.79 Å². The van der Waals surface area contributed by atoms with Gasteiger partial charge in [-0.15, -0.1) is 0 Å². The van der Waals surface area contributed by atoms with Crippen LogP contribution in [0.5, 0.6) is 0 Å². The molecule has 3 aromatic rings. The molecule has 0 aliphatic carbocycles. The number of benzene rings is 1. The average molecular weight is 422 g/mol. The molecule has 2 aliphatic rings. The van der Waals surface area contributed by atoms with E-state index in [0.29, 0.717) is 6.54 Å². The zero-order valence-corrected chi connectivity index (χ0v) is 17.5. The van der Waals surface area contributed by atoms with Gasteiger partial charge >= 0.3 is 0 Å². The van der Waals surface area contributed by atoms with Crippen LogP contribution in [0.4, 0.5) is 5.82 Å². The van der Waals surface area contributed by atoms with Gasteiger partial charge in [0.2, 0.25) is 5.91 Å². The second-order valence-corrected chi connectivity index (χ2v) is 8.45. The van der Waals surface area contributed by atoms with Gasteiger partial charge in [-0.05, 0) is 54.7 Å². The van der Waals surface area contributed by atoms with Gasteiger partial charge < -0.3 is 14.4 Å². The summed E-state index contributed by atoms with van der Waals surface area (Å²) in [4.78, 5) is 26.2. The predicted octanol–water partition coefficient (Wildman–Crippen LogP) is 3.72. The SMILES string of the molecule is O=C(C1CCN(c2cc(-n3cccc3)ncn2)CC1)N1CCc2ccc(Cl)cc2C1. The summed E-state index contributed by atoms with van der Waals surface area (Å²) in [5.41, 5.74) is 2.48. The van der Waals surface area contributed by atoms with Gasteiger partial charge in [-0.1, -0.05) is 17.7 Å². The topological polar surface area (TPSA) is 54.3 Å². The highest BCUT2D eigenvalue weighted by atomic mass is 35.5. The van der Waals surface area contributed by atoms with Crippen molar-refractivity contribution in [1.82, 2.24) is 19.4 Å². The van der Waals surface area contributed by atoms with Crippen molar-refractivity contribution in [3.05, 3.63) is 71.3 Å². The summed E-state index contributed by atoms with van der Waals surface area (Å²) in [5.74, 6) is 2.12. The third kappa shape index (κ3) is 3.79. The smallest absolute Gasteiger partial charge is 0.226 e. The number of amides is 1. The number of hydrogen-bond acceptors (Lipinski definition) is 4. The van der Waals surface area contributed by atoms with Crippen molar-refractivity contribution in [3.8, 4) is 5.82 Å². The number of halogens is 1. The van der Waals surface area contributed by atoms with Gasteiger partial charge in [-0.2, -0.15) is 0 Å². The first kappa shape index (κ1) is 19.1. The highest BCUT2D eigenvalue weighted by Crippen LogP contribution is 2.28. The Labute approximate surface area is 181 Å². The summed E-state index contributed by atoms with van der Waals surface area (Å²) in [7, 11) is 0. The van der Waals surface area contributed by atoms with Crippen molar-refractivity contribution in [3.63, 3.8) is 0 Å². The highest BCUT2D eigenvalue weighted by molar-refractivity contribution is 6.30. The van der Waals surface area contributed by atoms with E-state index in [1.54, 1.807) is 6.33 Å². The van der Waals surface area contributed by atoms with E-state index in [-0.39, 0.29) is 11.8 Å². The molecule has 154 valence electrons. The fraction of sp³-hybridized carbons (Fsp3) is 0.348. The Bertz CT molecular complexity index is 1040. The lowest BCUT2D eigenvalue weighted by Gasteiger charge is -2.36. The lowest BCUT2D eigenvalue weighted by molar-refractivity contribution is -0.137. The molecule has 2 aromatic heterocycles. The number of nitrogens with zero attached hydrogens (tertiary/aromatic N) is 5. The number of carbonyl (C=O) groups is 1. The van der Waals surface area contributed by atoms with E-state index in [0.717, 1.165) is 55.6 Å². The Morgan fingerprint density at radius 3 is 2.53 bits per heavy atom. The van der Waals surface area contributed by atoms with Gasteiger partial charge in [0.25, 0.3) is 0 Å². The first-order valence-electron chi connectivity index (χ1n) is 10.4. The second kappa shape index (κ2) is 8.11. The van der Waals surface area contributed by atoms with Gasteiger partial charge in [0, 0.05) is 55.6 Å². The Hall–Kier alpha value is -2.86. The number of rotatable bonds is 3. The number of carbonyl (C=O) groups excluding carboxylic acids is 1. The highest BCUT2D eigenvalue weighted by Gasteiger charge is 2.30. The first-order chi connectivity index (χ1) is 14.7. The summed E-state index contributed by atoms with van der Waals surface area (Å²) >= 11 is 6.15. The third-order valence-corrected chi connectivity index (χ3v) is 6.40. The average Bonchev–Trinajstić information content (AvgIpc) is 3.33. The fourth-order valence-corrected chi connectivity index (χ4v) is 4.66. The van der Waals surface area contributed by atoms with E-state index < -0.39 is 0 Å². The summed E-state index contributed by atoms with van der Waals surface area (Å²) in [6, 6.07) is 12.0. The predicted molar refractivity (Wildman–Crippen MR) is 117 cm³/mol. The van der Waals surface area contributed by atoms with Gasteiger partial charge in [0.05, 0.1) is 0 Å². The van der Waals surface area contributed by atoms with E-state index >= 15 is 0 Å². The van der Waals surface area contributed by atoms with Crippen molar-refractivity contribution in [2.24, 2.45) is 5.92 Å². The molecular weight excluding hydrogens is 398 g/mol. The van der Waals surface area contributed by atoms with Crippen LogP contribution in [0.25, 0.3) is 5.82 Å². The summed E-state index contributed by atoms with van der Waals surface area (Å²) in [6.07, 6.45) is 8.15. The molecule has 5 rings (SSSR count). The third-order valence-electron chi connectivity index (χ3n) is 6.17. The van der Waals surface area contributed by atoms with Crippen LogP contribution in [-0.2, 0) is 17.8 Å². The quantitative estimate of drug-likeness (QED) is 0.646. The molecule has 0 N–H and O–H groups in total. The number of aromatic nitrogens is 3. The number of piperidine rings is 1. The Morgan fingerprint density at radius 2 is 1.73 bits per heavy atom. The molecule has 1 fully saturated rings. The minimum absolute atomic E-state index is 0.0766. The Morgan fingerprint density at radius 1 is 0.967 bits per heavy atom. The van der Waals surface area contributed by atoms with Crippen LogP contribution < -0.4 is 4.90 Å². The lowest BCUT2D eigenvalue weighted by Crippen LogP contribution is -2.44. The van der Waals surface area contributed by atoms with E-state index in [1.165, 1.54) is 11.1 Å². The van der Waals surface area contributed by atoms with Gasteiger partial charge in [-0.25, -0.2) is 9.97 Å². The molecule has 0 radical (unpaired) electrons. The van der Waals surface area contributed by atoms with E-state index in [4.69, 9.17) is 11.6 Å². The molecule has 1 amide bonds. The molecule has 7 heteroatoms. The van der Waals surface area contributed by atoms with Crippen LogP contribution >= 0.6 is 11.6 Å². The maximum Gasteiger partial charge on any atom is 0.226 e. The first-order valence-corrected chi connectivity index (χ1v) is 10.8. The number of hydrogen-bond donors (Lipinski definition) is 0. The van der Waals surface area contributed by atoms with Crippen molar-refractivity contribution in [2.45, 2.75) is 25.8 Å². The normalized spacial score (nSPS) is 17.1. The van der Waals surface area contributed by atoms with Crippen LogP contribution in [0.15, 0.2) is 55.1 Å². The summed E-state index contributed by atoms with van der Waals surface area (Å²) in [5, 5.41) is 0.737. The maximum atomic E-state index is 13.1. The molecule has 4 heterocycles. The molecule has 1 saturated heterocycles. The summed E-state index contributed by atoms with van der Waals surface area (Å²) in [6.45, 7) is 3.12. The molecule has 0 spiro atoms. The second-order valence-electron chi connectivity index (χ2n) is 8.01. The van der Waals surface area contributed by atoms with E-state index in [9.17, 15) is 4.79 Å². The van der Waals surface area contributed by atoms with Gasteiger partial charge in [-0.3, -0.25) is 4.79 Å². The minimum atomic E-state index is 0.0766. The number of fused-ring (bicyclic) bond motifs is 1. The zero-order valence-electron chi connectivity index (χ0n) is 16.7. The standard InChI is InChI=1S/C23H24ClN5O/c24-20-4-3-17-5-12-29(15-19(17)13-20)23(30)18-6-10-28(11-7-18)22-14-21(25-16-26-22)27-8-1-2-9-27/h1-4,8-9,13-14,16,18H,5-7,10-12,15H2. The molecule has 0 unspecified atom stereocenters.